The highest BCUT2D eigenvalue weighted by Gasteiger charge is 2.46. The molecule has 0 amide bonds. The van der Waals surface area contributed by atoms with E-state index in [-0.39, 0.29) is 27.6 Å². The molecule has 1 aromatic carbocycles. The third kappa shape index (κ3) is 5.77. The number of hydrogen-bond acceptors (Lipinski definition) is 1. The van der Waals surface area contributed by atoms with E-state index in [0.717, 1.165) is 12.8 Å². The first-order valence-electron chi connectivity index (χ1n) is 11.0. The summed E-state index contributed by atoms with van der Waals surface area (Å²) in [6, 6.07) is 11.1. The summed E-state index contributed by atoms with van der Waals surface area (Å²) >= 11 is 0. The predicted molar refractivity (Wildman–Crippen MR) is 126 cm³/mol. The molecule has 0 aliphatic carbocycles. The first-order chi connectivity index (χ1) is 13.2. The van der Waals surface area contributed by atoms with Crippen molar-refractivity contribution in [3.8, 4) is 0 Å². The van der Waals surface area contributed by atoms with Gasteiger partial charge in [0.1, 0.15) is 0 Å². The van der Waals surface area contributed by atoms with Gasteiger partial charge in [-0.15, -0.1) is 0 Å². The normalized spacial score (nSPS) is 17.6. The predicted octanol–water partition coefficient (Wildman–Crippen LogP) is 7.45. The minimum Gasteiger partial charge on any atom is -0.334 e. The van der Waals surface area contributed by atoms with Crippen molar-refractivity contribution in [2.75, 3.05) is 0 Å². The van der Waals surface area contributed by atoms with Crippen LogP contribution in [0.15, 0.2) is 49.1 Å². The second kappa shape index (κ2) is 8.32. The van der Waals surface area contributed by atoms with Crippen molar-refractivity contribution in [3.63, 3.8) is 0 Å². The number of rotatable bonds is 7. The van der Waals surface area contributed by atoms with Gasteiger partial charge in [0.2, 0.25) is 0 Å². The Hall–Kier alpha value is -1.51. The molecule has 2 rings (SSSR count). The molecular formula is C26H41BN2. The molecule has 1 aromatic heterocycles. The van der Waals surface area contributed by atoms with Gasteiger partial charge >= 0.3 is 0 Å². The molecule has 0 fully saturated rings. The van der Waals surface area contributed by atoms with Crippen LogP contribution in [0.1, 0.15) is 92.7 Å². The lowest BCUT2D eigenvalue weighted by atomic mass is 9.47. The molecule has 29 heavy (non-hydrogen) atoms. The topological polar surface area (TPSA) is 17.8 Å². The molecule has 158 valence electrons. The molecule has 0 N–H and O–H groups in total. The smallest absolute Gasteiger partial charge is 0.0948 e. The summed E-state index contributed by atoms with van der Waals surface area (Å²) in [4.78, 5) is 4.34. The Balaban J connectivity index is 2.43. The molecule has 3 atom stereocenters. The lowest BCUT2D eigenvalue weighted by Gasteiger charge is -2.52. The Labute approximate surface area is 180 Å². The summed E-state index contributed by atoms with van der Waals surface area (Å²) in [5.74, 6) is 0.385. The van der Waals surface area contributed by atoms with E-state index in [1.165, 1.54) is 5.56 Å². The van der Waals surface area contributed by atoms with Gasteiger partial charge in [0.25, 0.3) is 0 Å². The van der Waals surface area contributed by atoms with Crippen LogP contribution in [-0.2, 0) is 0 Å². The van der Waals surface area contributed by atoms with Crippen LogP contribution in [0.25, 0.3) is 0 Å². The SMILES string of the molecule is [B]C(C)(CC(c1ccccc1)C(C)(C)C)C(C)(C)C(CC(C)(C)C)n1ccnc1. The monoisotopic (exact) mass is 392 g/mol. The van der Waals surface area contributed by atoms with E-state index in [4.69, 9.17) is 7.85 Å². The fourth-order valence-corrected chi connectivity index (χ4v) is 4.44. The average molecular weight is 392 g/mol. The average Bonchev–Trinajstić information content (AvgIpc) is 3.10. The molecule has 3 unspecified atom stereocenters. The Kier molecular flexibility index (Phi) is 6.82. The fraction of sp³-hybridized carbons (Fsp3) is 0.654. The van der Waals surface area contributed by atoms with Gasteiger partial charge in [-0.05, 0) is 40.6 Å². The lowest BCUT2D eigenvalue weighted by molar-refractivity contribution is 0.0871. The molecule has 1 heterocycles. The molecule has 0 saturated carbocycles. The highest BCUT2D eigenvalue weighted by molar-refractivity contribution is 6.15. The largest absolute Gasteiger partial charge is 0.334 e. The highest BCUT2D eigenvalue weighted by atomic mass is 15.1. The number of hydrogen-bond donors (Lipinski definition) is 0. The number of aromatic nitrogens is 2. The molecule has 0 aliphatic heterocycles. The standard InChI is InChI=1S/C26H41BN2/c1-23(2,3)18-22(29-16-15-28-19-29)25(7,8)26(9,27)17-21(24(4,5)6)20-13-11-10-12-14-20/h10-16,19,21-22H,17-18H2,1-9H3. The van der Waals surface area contributed by atoms with Gasteiger partial charge in [-0.2, -0.15) is 0 Å². The van der Waals surface area contributed by atoms with E-state index in [2.05, 4.69) is 108 Å². The van der Waals surface area contributed by atoms with Crippen molar-refractivity contribution in [1.29, 1.82) is 0 Å². The first kappa shape index (κ1) is 23.8. The zero-order valence-electron chi connectivity index (χ0n) is 20.2. The molecule has 2 nitrogen and oxygen atoms in total. The van der Waals surface area contributed by atoms with Crippen LogP contribution in [0.2, 0.25) is 5.31 Å². The van der Waals surface area contributed by atoms with Crippen molar-refractivity contribution >= 4 is 7.85 Å². The van der Waals surface area contributed by atoms with E-state index in [9.17, 15) is 0 Å². The minimum atomic E-state index is -0.360. The van der Waals surface area contributed by atoms with Crippen LogP contribution in [0.4, 0.5) is 0 Å². The van der Waals surface area contributed by atoms with E-state index in [1.807, 2.05) is 12.5 Å². The quantitative estimate of drug-likeness (QED) is 0.447. The van der Waals surface area contributed by atoms with Crippen LogP contribution in [0, 0.1) is 16.2 Å². The van der Waals surface area contributed by atoms with Gasteiger partial charge in [-0.3, -0.25) is 0 Å². The van der Waals surface area contributed by atoms with Crippen LogP contribution < -0.4 is 0 Å². The van der Waals surface area contributed by atoms with Crippen LogP contribution >= 0.6 is 0 Å². The summed E-state index contributed by atoms with van der Waals surface area (Å²) in [5, 5.41) is -0.360. The maximum Gasteiger partial charge on any atom is 0.0948 e. The van der Waals surface area contributed by atoms with E-state index in [0.29, 0.717) is 5.92 Å². The first-order valence-corrected chi connectivity index (χ1v) is 11.0. The van der Waals surface area contributed by atoms with Gasteiger partial charge in [0.15, 0.2) is 0 Å². The Bertz CT molecular complexity index is 746. The molecule has 0 bridgehead atoms. The van der Waals surface area contributed by atoms with Crippen LogP contribution in [0.3, 0.4) is 0 Å². The van der Waals surface area contributed by atoms with Crippen LogP contribution in [0.5, 0.6) is 0 Å². The Morgan fingerprint density at radius 2 is 1.48 bits per heavy atom. The summed E-state index contributed by atoms with van der Waals surface area (Å²) < 4.78 is 2.27. The maximum absolute atomic E-state index is 7.22. The fourth-order valence-electron chi connectivity index (χ4n) is 4.44. The molecule has 0 saturated heterocycles. The van der Waals surface area contributed by atoms with Crippen molar-refractivity contribution in [3.05, 3.63) is 54.6 Å². The molecule has 2 aromatic rings. The zero-order valence-corrected chi connectivity index (χ0v) is 20.2. The number of nitrogens with zero attached hydrogens (tertiary/aromatic N) is 2. The van der Waals surface area contributed by atoms with E-state index >= 15 is 0 Å². The number of benzene rings is 1. The van der Waals surface area contributed by atoms with Crippen molar-refractivity contribution in [1.82, 2.24) is 9.55 Å². The third-order valence-corrected chi connectivity index (χ3v) is 6.87. The van der Waals surface area contributed by atoms with Crippen molar-refractivity contribution in [2.24, 2.45) is 16.2 Å². The van der Waals surface area contributed by atoms with Gasteiger partial charge in [-0.1, -0.05) is 98.0 Å². The lowest BCUT2D eigenvalue weighted by Crippen LogP contribution is -2.41. The summed E-state index contributed by atoms with van der Waals surface area (Å²) in [6.45, 7) is 20.8. The second-order valence-electron chi connectivity index (χ2n) is 12.0. The Morgan fingerprint density at radius 3 is 1.93 bits per heavy atom. The second-order valence-corrected chi connectivity index (χ2v) is 12.0. The summed E-state index contributed by atoms with van der Waals surface area (Å²) in [7, 11) is 7.22. The highest BCUT2D eigenvalue weighted by Crippen LogP contribution is 2.59. The van der Waals surface area contributed by atoms with Gasteiger partial charge < -0.3 is 4.57 Å². The molecule has 2 radical (unpaired) electrons. The van der Waals surface area contributed by atoms with Gasteiger partial charge in [-0.25, -0.2) is 4.98 Å². The van der Waals surface area contributed by atoms with Crippen molar-refractivity contribution < 1.29 is 0 Å². The van der Waals surface area contributed by atoms with E-state index < -0.39 is 0 Å². The molecular weight excluding hydrogens is 351 g/mol. The molecule has 0 spiro atoms. The minimum absolute atomic E-state index is 0.126. The molecule has 3 heteroatoms. The van der Waals surface area contributed by atoms with Crippen LogP contribution in [-0.4, -0.2) is 17.4 Å². The molecule has 0 aliphatic rings. The zero-order chi connectivity index (χ0) is 22.1. The van der Waals surface area contributed by atoms with Gasteiger partial charge in [0.05, 0.1) is 14.2 Å². The van der Waals surface area contributed by atoms with E-state index in [1.54, 1.807) is 0 Å². The third-order valence-electron chi connectivity index (χ3n) is 6.87. The summed E-state index contributed by atoms with van der Waals surface area (Å²) in [5.41, 5.74) is 1.58. The Morgan fingerprint density at radius 1 is 0.897 bits per heavy atom. The maximum atomic E-state index is 7.22. The van der Waals surface area contributed by atoms with Gasteiger partial charge in [0, 0.05) is 18.4 Å². The summed E-state index contributed by atoms with van der Waals surface area (Å²) in [6.07, 6.45) is 7.90. The van der Waals surface area contributed by atoms with Crippen molar-refractivity contribution in [2.45, 2.75) is 92.4 Å². The number of imidazole rings is 1.